The number of imide groups is 2. The summed E-state index contributed by atoms with van der Waals surface area (Å²) >= 11 is 12.5. The Morgan fingerprint density at radius 2 is 1.68 bits per heavy atom. The summed E-state index contributed by atoms with van der Waals surface area (Å²) < 4.78 is 22.3. The number of carbonyl (C=O) groups is 4. The molecule has 0 aliphatic carbocycles. The quantitative estimate of drug-likeness (QED) is 0.0560. The number of amides is 4. The van der Waals surface area contributed by atoms with E-state index in [1.54, 1.807) is 31.3 Å². The Kier molecular flexibility index (Phi) is 13.4. The zero-order valence-corrected chi connectivity index (χ0v) is 36.3. The fourth-order valence-corrected chi connectivity index (χ4v) is 9.75. The van der Waals surface area contributed by atoms with E-state index in [9.17, 15) is 23.6 Å². The van der Waals surface area contributed by atoms with Crippen molar-refractivity contribution in [3.8, 4) is 16.9 Å². The highest BCUT2D eigenvalue weighted by molar-refractivity contribution is 6.36. The van der Waals surface area contributed by atoms with E-state index in [-0.39, 0.29) is 29.2 Å². The first-order chi connectivity index (χ1) is 29.9. The summed E-state index contributed by atoms with van der Waals surface area (Å²) in [6, 6.07) is 8.99. The molecule has 4 aliphatic heterocycles. The topological polar surface area (TPSA) is 168 Å². The van der Waals surface area contributed by atoms with Gasteiger partial charge in [0.1, 0.15) is 18.0 Å². The van der Waals surface area contributed by atoms with Crippen LogP contribution in [0.5, 0.6) is 5.75 Å². The molecular formula is C45H52Cl2FN9O5. The van der Waals surface area contributed by atoms with Crippen molar-refractivity contribution in [1.82, 2.24) is 34.8 Å². The summed E-state index contributed by atoms with van der Waals surface area (Å²) in [5.74, 6) is -1.56. The van der Waals surface area contributed by atoms with Crippen molar-refractivity contribution in [2.75, 3.05) is 56.9 Å². The maximum absolute atomic E-state index is 14.2. The SMILES string of the molecule is C[C@@H](Oc1cc(-c2cnn(C3CCN(CCCCCCCN4CC(CNc5cccc6c5C(=O)N(C5CCC(=O)NC5=O)C6=O)C4)CC3)c2)cnc1N)c1c(Cl)ccc(F)c1Cl. The summed E-state index contributed by atoms with van der Waals surface area (Å²) in [5.41, 5.74) is 9.40. The number of carbonyl (C=O) groups excluding carboxylic acids is 4. The predicted molar refractivity (Wildman–Crippen MR) is 235 cm³/mol. The normalized spacial score (nSPS) is 19.4. The Morgan fingerprint density at radius 3 is 2.44 bits per heavy atom. The van der Waals surface area contributed by atoms with Crippen LogP contribution in [-0.2, 0) is 9.59 Å². The van der Waals surface area contributed by atoms with Crippen LogP contribution in [0, 0.1) is 11.7 Å². The maximum atomic E-state index is 14.2. The average Bonchev–Trinajstić information content (AvgIpc) is 3.83. The van der Waals surface area contributed by atoms with E-state index in [1.807, 2.05) is 18.5 Å². The number of nitrogens with zero attached hydrogens (tertiary/aromatic N) is 6. The molecule has 8 rings (SSSR count). The van der Waals surface area contributed by atoms with E-state index in [2.05, 4.69) is 30.1 Å². The summed E-state index contributed by atoms with van der Waals surface area (Å²) in [5, 5.41) is 10.6. The van der Waals surface area contributed by atoms with E-state index in [0.29, 0.717) is 46.1 Å². The molecule has 1 unspecified atom stereocenters. The van der Waals surface area contributed by atoms with E-state index in [1.165, 1.54) is 44.2 Å². The van der Waals surface area contributed by atoms with E-state index in [0.717, 1.165) is 68.1 Å². The molecule has 4 amide bonds. The number of halogens is 3. The van der Waals surface area contributed by atoms with E-state index in [4.69, 9.17) is 38.8 Å². The van der Waals surface area contributed by atoms with Gasteiger partial charge in [-0.3, -0.25) is 34.1 Å². The Morgan fingerprint density at radius 1 is 0.935 bits per heavy atom. The lowest BCUT2D eigenvalue weighted by Crippen LogP contribution is -2.54. The van der Waals surface area contributed by atoms with Crippen LogP contribution in [0.2, 0.25) is 10.0 Å². The van der Waals surface area contributed by atoms with Gasteiger partial charge in [0, 0.05) is 84.9 Å². The second-order valence-corrected chi connectivity index (χ2v) is 17.6. The van der Waals surface area contributed by atoms with Crippen LogP contribution in [0.15, 0.2) is 55.0 Å². The third-order valence-electron chi connectivity index (χ3n) is 12.6. The van der Waals surface area contributed by atoms with Gasteiger partial charge in [0.2, 0.25) is 11.8 Å². The number of aromatic nitrogens is 3. The zero-order chi connectivity index (χ0) is 43.5. The van der Waals surface area contributed by atoms with Crippen LogP contribution in [0.25, 0.3) is 11.1 Å². The second-order valence-electron chi connectivity index (χ2n) is 16.9. The minimum atomic E-state index is -0.976. The van der Waals surface area contributed by atoms with Crippen molar-refractivity contribution < 1.29 is 28.3 Å². The number of pyridine rings is 1. The minimum absolute atomic E-state index is 0.0851. The number of fused-ring (bicyclic) bond motifs is 1. The number of nitrogens with one attached hydrogen (secondary N) is 2. The van der Waals surface area contributed by atoms with Gasteiger partial charge >= 0.3 is 0 Å². The fraction of sp³-hybridized carbons (Fsp3) is 0.467. The Hall–Kier alpha value is -5.09. The molecular weight excluding hydrogens is 836 g/mol. The number of rotatable bonds is 17. The van der Waals surface area contributed by atoms with Crippen LogP contribution in [0.3, 0.4) is 0 Å². The molecule has 0 saturated carbocycles. The highest BCUT2D eigenvalue weighted by atomic mass is 35.5. The number of hydrogen-bond acceptors (Lipinski definition) is 11. The zero-order valence-electron chi connectivity index (χ0n) is 34.8. The number of ether oxygens (including phenoxy) is 1. The first-order valence-electron chi connectivity index (χ1n) is 21.6. The molecule has 2 aromatic carbocycles. The van der Waals surface area contributed by atoms with Crippen molar-refractivity contribution in [1.29, 1.82) is 0 Å². The molecule has 17 heteroatoms. The Balaban J connectivity index is 0.695. The summed E-state index contributed by atoms with van der Waals surface area (Å²) in [6.45, 7) is 8.68. The third kappa shape index (κ3) is 9.46. The molecule has 6 heterocycles. The molecule has 2 aromatic heterocycles. The monoisotopic (exact) mass is 887 g/mol. The number of likely N-dealkylation sites (tertiary alicyclic amines) is 2. The smallest absolute Gasteiger partial charge is 0.264 e. The van der Waals surface area contributed by atoms with Gasteiger partial charge in [0.25, 0.3) is 11.8 Å². The molecule has 3 fully saturated rings. The first-order valence-corrected chi connectivity index (χ1v) is 22.3. The van der Waals surface area contributed by atoms with Gasteiger partial charge in [-0.2, -0.15) is 5.10 Å². The number of nitrogens with two attached hydrogens (primary N) is 1. The number of benzene rings is 2. The van der Waals surface area contributed by atoms with Gasteiger partial charge in [-0.1, -0.05) is 48.5 Å². The number of anilines is 2. The van der Waals surface area contributed by atoms with Crippen LogP contribution >= 0.6 is 23.2 Å². The van der Waals surface area contributed by atoms with Crippen LogP contribution < -0.4 is 21.1 Å². The number of unbranched alkanes of at least 4 members (excludes halogenated alkanes) is 4. The highest BCUT2D eigenvalue weighted by Gasteiger charge is 2.45. The van der Waals surface area contributed by atoms with Gasteiger partial charge in [-0.15, -0.1) is 0 Å². The Labute approximate surface area is 370 Å². The molecule has 4 N–H and O–H groups in total. The number of hydrogen-bond donors (Lipinski definition) is 3. The molecule has 4 aromatic rings. The summed E-state index contributed by atoms with van der Waals surface area (Å²) in [4.78, 5) is 60.9. The third-order valence-corrected chi connectivity index (χ3v) is 13.3. The molecule has 14 nitrogen and oxygen atoms in total. The molecule has 62 heavy (non-hydrogen) atoms. The van der Waals surface area contributed by atoms with Crippen molar-refractivity contribution in [3.05, 3.63) is 87.5 Å². The number of nitrogen functional groups attached to an aromatic ring is 1. The summed E-state index contributed by atoms with van der Waals surface area (Å²) in [7, 11) is 0. The van der Waals surface area contributed by atoms with Crippen molar-refractivity contribution in [3.63, 3.8) is 0 Å². The van der Waals surface area contributed by atoms with Gasteiger partial charge in [-0.05, 0) is 82.4 Å². The lowest BCUT2D eigenvalue weighted by Gasteiger charge is -2.39. The predicted octanol–water partition coefficient (Wildman–Crippen LogP) is 7.15. The standard InChI is InChI=1S/C45H52Cl2FN9O5/c1-27(39-33(46)10-11-34(48)41(39)47)62-37-20-29(22-51-42(37)49)30-23-52-56(26-30)31-14-18-54(19-15-31)16-5-3-2-4-6-17-55-24-28(25-55)21-50-35-9-7-8-32-40(35)45(61)57(44(32)60)36-12-13-38(58)53-43(36)59/h7-11,20,22-23,26-28,31,36,50H,2-6,12-19,21,24-25H2,1H3,(H2,49,51)(H,53,58,59)/t27-,36?/m1/s1. The molecule has 4 aliphatic rings. The summed E-state index contributed by atoms with van der Waals surface area (Å²) in [6.07, 6.45) is 13.2. The first kappa shape index (κ1) is 43.6. The Bertz CT molecular complexity index is 2330. The molecule has 0 spiro atoms. The molecule has 3 saturated heterocycles. The minimum Gasteiger partial charge on any atom is -0.482 e. The second kappa shape index (κ2) is 19.1. The van der Waals surface area contributed by atoms with Gasteiger partial charge < -0.3 is 25.6 Å². The highest BCUT2D eigenvalue weighted by Crippen LogP contribution is 2.38. The van der Waals surface area contributed by atoms with E-state index >= 15 is 0 Å². The number of piperidine rings is 2. The molecule has 328 valence electrons. The lowest BCUT2D eigenvalue weighted by atomic mass is 9.98. The largest absolute Gasteiger partial charge is 0.482 e. The maximum Gasteiger partial charge on any atom is 0.264 e. The average molecular weight is 889 g/mol. The van der Waals surface area contributed by atoms with Gasteiger partial charge in [0.15, 0.2) is 11.6 Å². The van der Waals surface area contributed by atoms with E-state index < -0.39 is 41.6 Å². The van der Waals surface area contributed by atoms with Crippen LogP contribution in [0.1, 0.15) is 103 Å². The fourth-order valence-electron chi connectivity index (χ4n) is 9.07. The molecule has 2 atom stereocenters. The lowest BCUT2D eigenvalue weighted by molar-refractivity contribution is -0.136. The van der Waals surface area contributed by atoms with Crippen LogP contribution in [-0.4, -0.2) is 105 Å². The molecule has 0 bridgehead atoms. The van der Waals surface area contributed by atoms with Crippen LogP contribution in [0.4, 0.5) is 15.9 Å². The van der Waals surface area contributed by atoms with Gasteiger partial charge in [0.05, 0.1) is 28.4 Å². The molecule has 0 radical (unpaired) electrons. The van der Waals surface area contributed by atoms with Crippen molar-refractivity contribution >= 4 is 58.3 Å². The van der Waals surface area contributed by atoms with Crippen molar-refractivity contribution in [2.24, 2.45) is 5.92 Å². The van der Waals surface area contributed by atoms with Gasteiger partial charge in [-0.25, -0.2) is 9.37 Å². The van der Waals surface area contributed by atoms with Crippen molar-refractivity contribution in [2.45, 2.75) is 82.9 Å².